The summed E-state index contributed by atoms with van der Waals surface area (Å²) < 4.78 is 1.45. The van der Waals surface area contributed by atoms with Gasteiger partial charge in [0.25, 0.3) is 0 Å². The minimum atomic E-state index is -0.176. The second kappa shape index (κ2) is 5.45. The lowest BCUT2D eigenvalue weighted by Gasteiger charge is -2.12. The van der Waals surface area contributed by atoms with E-state index < -0.39 is 0 Å². The Kier molecular flexibility index (Phi) is 3.50. The minimum absolute atomic E-state index is 0.176. The van der Waals surface area contributed by atoms with Crippen LogP contribution in [-0.4, -0.2) is 20.6 Å². The van der Waals surface area contributed by atoms with Gasteiger partial charge in [-0.05, 0) is 37.3 Å². The van der Waals surface area contributed by atoms with E-state index in [1.54, 1.807) is 12.4 Å². The third kappa shape index (κ3) is 2.43. The molecule has 1 aliphatic rings. The van der Waals surface area contributed by atoms with Gasteiger partial charge in [-0.1, -0.05) is 13.3 Å². The molecule has 0 bridgehead atoms. The summed E-state index contributed by atoms with van der Waals surface area (Å²) in [6.07, 6.45) is 9.87. The number of carbonyl (C=O) groups is 1. The van der Waals surface area contributed by atoms with Crippen molar-refractivity contribution in [1.29, 1.82) is 0 Å². The number of nitrogens with one attached hydrogen (secondary N) is 1. The normalized spacial score (nSPS) is 13.2. The van der Waals surface area contributed by atoms with Crippen molar-refractivity contribution in [2.45, 2.75) is 39.0 Å². The van der Waals surface area contributed by atoms with Crippen LogP contribution >= 0.6 is 0 Å². The number of nitrogens with zero attached hydrogens (tertiary/aromatic N) is 3. The van der Waals surface area contributed by atoms with E-state index in [9.17, 15) is 4.79 Å². The molecule has 20 heavy (non-hydrogen) atoms. The van der Waals surface area contributed by atoms with Crippen LogP contribution in [-0.2, 0) is 19.3 Å². The van der Waals surface area contributed by atoms with Crippen LogP contribution < -0.4 is 5.32 Å². The Bertz CT molecular complexity index is 619. The maximum Gasteiger partial charge on any atom is 0.331 e. The Morgan fingerprint density at radius 2 is 2.35 bits per heavy atom. The van der Waals surface area contributed by atoms with Crippen molar-refractivity contribution in [3.05, 3.63) is 41.7 Å². The lowest BCUT2D eigenvalue weighted by molar-refractivity contribution is 0.253. The molecule has 0 spiro atoms. The maximum atomic E-state index is 12.1. The molecule has 0 fully saturated rings. The van der Waals surface area contributed by atoms with E-state index in [1.807, 2.05) is 6.07 Å². The number of imidazole rings is 1. The smallest absolute Gasteiger partial charge is 0.307 e. The Balaban J connectivity index is 1.90. The average molecular weight is 270 g/mol. The molecule has 2 heterocycles. The first-order valence-electron chi connectivity index (χ1n) is 7.09. The molecule has 1 aliphatic carbocycles. The summed E-state index contributed by atoms with van der Waals surface area (Å²) >= 11 is 0. The average Bonchev–Trinajstić information content (AvgIpc) is 3.10. The van der Waals surface area contributed by atoms with E-state index >= 15 is 0 Å². The molecule has 5 nitrogen and oxygen atoms in total. The topological polar surface area (TPSA) is 59.8 Å². The van der Waals surface area contributed by atoms with Crippen molar-refractivity contribution in [3.8, 4) is 0 Å². The van der Waals surface area contributed by atoms with Crippen molar-refractivity contribution < 1.29 is 4.79 Å². The van der Waals surface area contributed by atoms with Crippen LogP contribution in [0.25, 0.3) is 0 Å². The van der Waals surface area contributed by atoms with Gasteiger partial charge in [-0.2, -0.15) is 0 Å². The molecule has 3 rings (SSSR count). The van der Waals surface area contributed by atoms with Gasteiger partial charge >= 0.3 is 6.03 Å². The number of fused-ring (bicyclic) bond motifs is 1. The Labute approximate surface area is 118 Å². The predicted octanol–water partition coefficient (Wildman–Crippen LogP) is 2.80. The number of carbonyl (C=O) groups excluding carboxylic acids is 1. The molecule has 5 heteroatoms. The highest BCUT2D eigenvalue weighted by Gasteiger charge is 2.19. The second-order valence-corrected chi connectivity index (χ2v) is 5.09. The summed E-state index contributed by atoms with van der Waals surface area (Å²) in [5.41, 5.74) is 4.32. The molecule has 0 atom stereocenters. The van der Waals surface area contributed by atoms with E-state index in [0.717, 1.165) is 49.2 Å². The Morgan fingerprint density at radius 1 is 1.45 bits per heavy atom. The van der Waals surface area contributed by atoms with Gasteiger partial charge < -0.3 is 5.32 Å². The molecule has 0 aromatic carbocycles. The zero-order chi connectivity index (χ0) is 13.9. The fraction of sp³-hybridized carbons (Fsp3) is 0.400. The van der Waals surface area contributed by atoms with Gasteiger partial charge in [0.1, 0.15) is 6.33 Å². The number of amides is 1. The van der Waals surface area contributed by atoms with Gasteiger partial charge in [0.2, 0.25) is 0 Å². The minimum Gasteiger partial charge on any atom is -0.307 e. The first-order valence-corrected chi connectivity index (χ1v) is 7.09. The monoisotopic (exact) mass is 270 g/mol. The summed E-state index contributed by atoms with van der Waals surface area (Å²) in [7, 11) is 0. The van der Waals surface area contributed by atoms with Gasteiger partial charge in [0.05, 0.1) is 0 Å². The van der Waals surface area contributed by atoms with E-state index in [0.29, 0.717) is 0 Å². The molecular weight excluding hydrogens is 252 g/mol. The second-order valence-electron chi connectivity index (χ2n) is 5.09. The fourth-order valence-electron chi connectivity index (χ4n) is 2.66. The fourth-order valence-corrected chi connectivity index (χ4v) is 2.66. The van der Waals surface area contributed by atoms with Gasteiger partial charge in [-0.3, -0.25) is 9.55 Å². The van der Waals surface area contributed by atoms with Crippen LogP contribution in [0, 0.1) is 0 Å². The summed E-state index contributed by atoms with van der Waals surface area (Å²) in [5.74, 6) is 0. The van der Waals surface area contributed by atoms with Gasteiger partial charge in [-0.15, -0.1) is 0 Å². The number of anilines is 1. The molecule has 0 saturated carbocycles. The molecule has 0 radical (unpaired) electrons. The van der Waals surface area contributed by atoms with Crippen molar-refractivity contribution in [2.75, 3.05) is 5.32 Å². The predicted molar refractivity (Wildman–Crippen MR) is 76.9 cm³/mol. The molecule has 2 aromatic heterocycles. The third-order valence-electron chi connectivity index (χ3n) is 3.59. The lowest BCUT2D eigenvalue weighted by atomic mass is 10.1. The highest BCUT2D eigenvalue weighted by atomic mass is 16.2. The van der Waals surface area contributed by atoms with Crippen LogP contribution in [0.5, 0.6) is 0 Å². The number of hydrogen-bond acceptors (Lipinski definition) is 3. The maximum absolute atomic E-state index is 12.1. The number of rotatable bonds is 3. The first kappa shape index (κ1) is 12.8. The van der Waals surface area contributed by atoms with Crippen molar-refractivity contribution in [3.63, 3.8) is 0 Å². The van der Waals surface area contributed by atoms with Crippen LogP contribution in [0.1, 0.15) is 36.7 Å². The van der Waals surface area contributed by atoms with Crippen molar-refractivity contribution in [2.24, 2.45) is 0 Å². The van der Waals surface area contributed by atoms with Crippen LogP contribution in [0.2, 0.25) is 0 Å². The number of hydrogen-bond donors (Lipinski definition) is 1. The number of aromatic nitrogens is 3. The summed E-state index contributed by atoms with van der Waals surface area (Å²) in [6, 6.07) is 1.84. The largest absolute Gasteiger partial charge is 0.331 e. The van der Waals surface area contributed by atoms with Gasteiger partial charge in [0.15, 0.2) is 0 Å². The highest BCUT2D eigenvalue weighted by molar-refractivity contribution is 5.92. The molecule has 1 amide bonds. The van der Waals surface area contributed by atoms with E-state index in [4.69, 9.17) is 4.98 Å². The third-order valence-corrected chi connectivity index (χ3v) is 3.59. The quantitative estimate of drug-likeness (QED) is 0.933. The molecule has 0 aliphatic heterocycles. The molecule has 104 valence electrons. The first-order chi connectivity index (χ1) is 9.78. The standard InChI is InChI=1S/C15H18N4O/c1-2-4-11-9-14(12-5-3-6-13(12)17-11)18-15(20)19-8-7-16-10-19/h7-10H,2-6H2,1H3,(H,17,18,20). The SMILES string of the molecule is CCCc1cc(NC(=O)n2ccnc2)c2c(n1)CCC2. The molecule has 2 aromatic rings. The summed E-state index contributed by atoms with van der Waals surface area (Å²) in [4.78, 5) is 20.7. The highest BCUT2D eigenvalue weighted by Crippen LogP contribution is 2.29. The lowest BCUT2D eigenvalue weighted by Crippen LogP contribution is -2.19. The Hall–Kier alpha value is -2.17. The number of aryl methyl sites for hydroxylation is 2. The van der Waals surface area contributed by atoms with Gasteiger partial charge in [-0.25, -0.2) is 9.78 Å². The van der Waals surface area contributed by atoms with E-state index in [-0.39, 0.29) is 6.03 Å². The molecule has 0 saturated heterocycles. The molecule has 1 N–H and O–H groups in total. The van der Waals surface area contributed by atoms with Gasteiger partial charge in [0, 0.05) is 29.5 Å². The zero-order valence-electron chi connectivity index (χ0n) is 11.6. The van der Waals surface area contributed by atoms with E-state index in [2.05, 4.69) is 17.2 Å². The molecular formula is C15H18N4O. The van der Waals surface area contributed by atoms with E-state index in [1.165, 1.54) is 16.5 Å². The van der Waals surface area contributed by atoms with Crippen LogP contribution in [0.15, 0.2) is 24.8 Å². The molecule has 0 unspecified atom stereocenters. The van der Waals surface area contributed by atoms with Crippen LogP contribution in [0.4, 0.5) is 10.5 Å². The van der Waals surface area contributed by atoms with Crippen LogP contribution in [0.3, 0.4) is 0 Å². The van der Waals surface area contributed by atoms with Crippen molar-refractivity contribution >= 4 is 11.7 Å². The zero-order valence-corrected chi connectivity index (χ0v) is 11.6. The summed E-state index contributed by atoms with van der Waals surface area (Å²) in [6.45, 7) is 2.14. The Morgan fingerprint density at radius 3 is 3.10 bits per heavy atom. The summed E-state index contributed by atoms with van der Waals surface area (Å²) in [5, 5.41) is 2.99. The van der Waals surface area contributed by atoms with Crippen molar-refractivity contribution in [1.82, 2.24) is 14.5 Å². The number of pyridine rings is 1.